The highest BCUT2D eigenvalue weighted by atomic mass is 16.7. The number of ether oxygens (including phenoxy) is 12. The molecular formula is C38H48O22. The normalized spacial score (nSPS) is 43.3. The predicted octanol–water partition coefficient (Wildman–Crippen LogP) is -3.95. The summed E-state index contributed by atoms with van der Waals surface area (Å²) in [6, 6.07) is 8.92. The van der Waals surface area contributed by atoms with Crippen molar-refractivity contribution in [3.05, 3.63) is 41.5 Å². The van der Waals surface area contributed by atoms with Gasteiger partial charge in [-0.15, -0.1) is 0 Å². The smallest absolute Gasteiger partial charge is 0.231 e. The maximum absolute atomic E-state index is 11.1. The van der Waals surface area contributed by atoms with E-state index in [4.69, 9.17) is 56.8 Å². The minimum absolute atomic E-state index is 0.0560. The molecule has 5 fully saturated rings. The molecule has 7 aliphatic heterocycles. The number of hydrogen-bond acceptors (Lipinski definition) is 22. The maximum Gasteiger partial charge on any atom is 0.231 e. The average molecular weight is 857 g/mol. The van der Waals surface area contributed by atoms with E-state index in [0.29, 0.717) is 41.8 Å². The molecule has 332 valence electrons. The highest BCUT2D eigenvalue weighted by Gasteiger charge is 2.52. The largest absolute Gasteiger partial charge is 0.461 e. The first-order valence-corrected chi connectivity index (χ1v) is 19.6. The molecule has 0 aromatic heterocycles. The molecule has 0 amide bonds. The van der Waals surface area contributed by atoms with E-state index in [1.54, 1.807) is 12.1 Å². The number of hydrogen-bond donors (Lipinski definition) is 10. The van der Waals surface area contributed by atoms with Crippen LogP contribution in [0.15, 0.2) is 30.3 Å². The number of fused-ring (bicyclic) bond motifs is 3. The molecule has 60 heavy (non-hydrogen) atoms. The van der Waals surface area contributed by atoms with Gasteiger partial charge in [0.25, 0.3) is 0 Å². The standard InChI is InChI=1S/C38H48O22/c39-6-22-25(40)28(43)31(46)36(58-22)51-9-23-26(41)29(44)32(47)37(59-23)52-10-24-27(42)30(45)33(48)38(60-24)57-18-5-21-20(55-12-56-21)4-14(18)35-16-8-49-34(15(16)7-50-35)13-1-2-17-19(3-13)54-11-53-17/h1-5,15-16,22-48H,6-12H2/t15-,16-,22+,23+,24+,25+,26+,27+,28-,29-,30-,31+,32+,33+,34+,35+,36+,37+,38+/m0/s1. The van der Waals surface area contributed by atoms with E-state index >= 15 is 0 Å². The van der Waals surface area contributed by atoms with Gasteiger partial charge in [0.1, 0.15) is 79.0 Å². The molecule has 2 aromatic carbocycles. The van der Waals surface area contributed by atoms with E-state index in [1.807, 2.05) is 18.2 Å². The molecular weight excluding hydrogens is 808 g/mol. The Morgan fingerprint density at radius 1 is 0.500 bits per heavy atom. The zero-order chi connectivity index (χ0) is 42.0. The molecule has 0 aliphatic carbocycles. The van der Waals surface area contributed by atoms with Crippen molar-refractivity contribution in [3.8, 4) is 28.7 Å². The molecule has 10 N–H and O–H groups in total. The van der Waals surface area contributed by atoms with Crippen LogP contribution in [0.3, 0.4) is 0 Å². The van der Waals surface area contributed by atoms with Gasteiger partial charge in [-0.3, -0.25) is 0 Å². The Hall–Kier alpha value is -3.24. The van der Waals surface area contributed by atoms with E-state index in [9.17, 15) is 51.1 Å². The molecule has 0 bridgehead atoms. The lowest BCUT2D eigenvalue weighted by Crippen LogP contribution is -2.63. The molecule has 22 nitrogen and oxygen atoms in total. The zero-order valence-corrected chi connectivity index (χ0v) is 31.7. The molecule has 0 spiro atoms. The van der Waals surface area contributed by atoms with Crippen molar-refractivity contribution in [1.82, 2.24) is 0 Å². The van der Waals surface area contributed by atoms with Gasteiger partial charge in [-0.05, 0) is 23.8 Å². The van der Waals surface area contributed by atoms with E-state index in [0.717, 1.165) is 5.56 Å². The van der Waals surface area contributed by atoms with Gasteiger partial charge in [0.05, 0.1) is 45.2 Å². The van der Waals surface area contributed by atoms with E-state index in [-0.39, 0.29) is 37.3 Å². The summed E-state index contributed by atoms with van der Waals surface area (Å²) < 4.78 is 69.3. The van der Waals surface area contributed by atoms with Crippen molar-refractivity contribution < 1.29 is 108 Å². The maximum atomic E-state index is 11.1. The van der Waals surface area contributed by atoms with Crippen molar-refractivity contribution in [3.63, 3.8) is 0 Å². The molecule has 7 aliphatic rings. The van der Waals surface area contributed by atoms with Crippen molar-refractivity contribution in [2.45, 2.75) is 104 Å². The predicted molar refractivity (Wildman–Crippen MR) is 189 cm³/mol. The van der Waals surface area contributed by atoms with Gasteiger partial charge in [-0.25, -0.2) is 0 Å². The van der Waals surface area contributed by atoms with Crippen LogP contribution in [-0.2, 0) is 33.2 Å². The van der Waals surface area contributed by atoms with Crippen LogP contribution >= 0.6 is 0 Å². The second kappa shape index (κ2) is 17.1. The lowest BCUT2D eigenvalue weighted by Gasteiger charge is -2.44. The Labute approximate surface area is 340 Å². The summed E-state index contributed by atoms with van der Waals surface area (Å²) in [5.74, 6) is 2.01. The van der Waals surface area contributed by atoms with Gasteiger partial charge in [-0.1, -0.05) is 6.07 Å². The SMILES string of the molecule is OC[C@H]1O[C@@H](OC[C@H]2O[C@@H](OC[C@H]3O[C@@H](Oc4cc5c(cc4[C@H]4OC[C@H]6[C@@H]4CO[C@@H]6c4ccc6c(c4)OCO6)OCO5)[C@H](O)[C@@H](O)[C@@H]3O)[C@H](O)[C@@H](O)[C@@H]2O)[C@H](O)[C@@H](O)[C@@H]1O. The van der Waals surface area contributed by atoms with Crippen LogP contribution in [0.4, 0.5) is 0 Å². The molecule has 0 saturated carbocycles. The van der Waals surface area contributed by atoms with Gasteiger partial charge >= 0.3 is 0 Å². The Bertz CT molecular complexity index is 1820. The van der Waals surface area contributed by atoms with E-state index < -0.39 is 118 Å². The molecule has 9 rings (SSSR count). The average Bonchev–Trinajstić information content (AvgIpc) is 4.08. The lowest BCUT2D eigenvalue weighted by atomic mass is 9.84. The summed E-state index contributed by atoms with van der Waals surface area (Å²) in [6.07, 6.45) is -25.8. The third-order valence-corrected chi connectivity index (χ3v) is 12.1. The first kappa shape index (κ1) is 42.1. The first-order valence-electron chi connectivity index (χ1n) is 19.6. The van der Waals surface area contributed by atoms with Crippen molar-refractivity contribution in [2.24, 2.45) is 11.8 Å². The highest BCUT2D eigenvalue weighted by Crippen LogP contribution is 2.54. The summed E-state index contributed by atoms with van der Waals surface area (Å²) in [4.78, 5) is 0. The number of aliphatic hydroxyl groups excluding tert-OH is 10. The fraction of sp³-hybridized carbons (Fsp3) is 0.684. The summed E-state index contributed by atoms with van der Waals surface area (Å²) in [6.45, 7) is -1.16. The topological polar surface area (TPSA) is 313 Å². The van der Waals surface area contributed by atoms with Crippen LogP contribution in [-0.4, -0.2) is 190 Å². The van der Waals surface area contributed by atoms with Gasteiger partial charge in [0, 0.05) is 23.5 Å². The fourth-order valence-corrected chi connectivity index (χ4v) is 8.62. The van der Waals surface area contributed by atoms with E-state index in [2.05, 4.69) is 0 Å². The van der Waals surface area contributed by atoms with Crippen molar-refractivity contribution >= 4 is 0 Å². The van der Waals surface area contributed by atoms with Crippen molar-refractivity contribution in [2.75, 3.05) is 46.6 Å². The van der Waals surface area contributed by atoms with Gasteiger partial charge in [-0.2, -0.15) is 0 Å². The highest BCUT2D eigenvalue weighted by molar-refractivity contribution is 5.53. The Morgan fingerprint density at radius 3 is 1.60 bits per heavy atom. The molecule has 0 unspecified atom stereocenters. The number of benzene rings is 2. The van der Waals surface area contributed by atoms with Crippen LogP contribution in [0.2, 0.25) is 0 Å². The summed E-state index contributed by atoms with van der Waals surface area (Å²) in [5.41, 5.74) is 1.43. The lowest BCUT2D eigenvalue weighted by molar-refractivity contribution is -0.339. The zero-order valence-electron chi connectivity index (χ0n) is 31.7. The second-order valence-corrected chi connectivity index (χ2v) is 15.7. The summed E-state index contributed by atoms with van der Waals surface area (Å²) in [7, 11) is 0. The van der Waals surface area contributed by atoms with Gasteiger partial charge < -0.3 is 108 Å². The molecule has 2 aromatic rings. The van der Waals surface area contributed by atoms with Crippen molar-refractivity contribution in [1.29, 1.82) is 0 Å². The van der Waals surface area contributed by atoms with E-state index in [1.165, 1.54) is 0 Å². The van der Waals surface area contributed by atoms with Crippen LogP contribution in [0.25, 0.3) is 0 Å². The number of rotatable bonds is 11. The summed E-state index contributed by atoms with van der Waals surface area (Å²) >= 11 is 0. The van der Waals surface area contributed by atoms with Gasteiger partial charge in [0.2, 0.25) is 19.9 Å². The monoisotopic (exact) mass is 856 g/mol. The Morgan fingerprint density at radius 2 is 0.983 bits per heavy atom. The molecule has 7 heterocycles. The van der Waals surface area contributed by atoms with Crippen LogP contribution < -0.4 is 23.7 Å². The third kappa shape index (κ3) is 7.66. The number of aliphatic hydroxyl groups is 10. The molecule has 22 heteroatoms. The summed E-state index contributed by atoms with van der Waals surface area (Å²) in [5, 5.41) is 105. The molecule has 0 radical (unpaired) electrons. The van der Waals surface area contributed by atoms with Crippen LogP contribution in [0.1, 0.15) is 23.3 Å². The Balaban J connectivity index is 0.872. The van der Waals surface area contributed by atoms with Gasteiger partial charge in [0.15, 0.2) is 35.6 Å². The minimum Gasteiger partial charge on any atom is -0.461 e. The second-order valence-electron chi connectivity index (χ2n) is 15.7. The third-order valence-electron chi connectivity index (χ3n) is 12.1. The fourth-order valence-electron chi connectivity index (χ4n) is 8.62. The first-order chi connectivity index (χ1) is 28.9. The molecule has 5 saturated heterocycles. The Kier molecular flexibility index (Phi) is 12.0. The quantitative estimate of drug-likeness (QED) is 0.103. The van der Waals surface area contributed by atoms with Crippen LogP contribution in [0.5, 0.6) is 28.7 Å². The minimum atomic E-state index is -1.85. The molecule has 19 atom stereocenters. The van der Waals surface area contributed by atoms with Crippen LogP contribution in [0, 0.1) is 11.8 Å².